The molecule has 0 bridgehead atoms. The van der Waals surface area contributed by atoms with Gasteiger partial charge in [-0.05, 0) is 16.5 Å². The zero-order chi connectivity index (χ0) is 15.8. The number of likely N-dealkylation sites (tertiary alicyclic amines) is 1. The number of nitrogens with zero attached hydrogens (tertiary/aromatic N) is 1. The van der Waals surface area contributed by atoms with Crippen molar-refractivity contribution in [2.45, 2.75) is 44.4 Å². The number of benzene rings is 1. The third-order valence-corrected chi connectivity index (χ3v) is 5.64. The minimum absolute atomic E-state index is 0.0219. The minimum Gasteiger partial charge on any atom is -0.337 e. The fourth-order valence-electron chi connectivity index (χ4n) is 2.41. The number of carbonyl (C=O) groups excluding carboxylic acids is 1. The van der Waals surface area contributed by atoms with E-state index in [1.54, 1.807) is 4.90 Å². The maximum atomic E-state index is 11.9. The van der Waals surface area contributed by atoms with E-state index in [0.717, 1.165) is 5.56 Å². The summed E-state index contributed by atoms with van der Waals surface area (Å²) >= 11 is 0. The van der Waals surface area contributed by atoms with Crippen molar-refractivity contribution in [1.82, 2.24) is 4.90 Å². The van der Waals surface area contributed by atoms with Crippen LogP contribution in [0.3, 0.4) is 0 Å². The Bertz CT molecular complexity index is 632. The SMILES string of the molecule is CC(C)(C)c1ccc(CN2CC(S(=O)(=O)Cl)CC2=O)cc1. The molecule has 1 aromatic rings. The largest absolute Gasteiger partial charge is 0.337 e. The lowest BCUT2D eigenvalue weighted by atomic mass is 9.87. The first-order valence-corrected chi connectivity index (χ1v) is 9.25. The molecule has 1 aliphatic rings. The number of hydrogen-bond donors (Lipinski definition) is 0. The maximum absolute atomic E-state index is 11.9. The highest BCUT2D eigenvalue weighted by Gasteiger charge is 2.37. The Morgan fingerprint density at radius 3 is 2.24 bits per heavy atom. The predicted molar refractivity (Wildman–Crippen MR) is 83.7 cm³/mol. The van der Waals surface area contributed by atoms with E-state index < -0.39 is 14.3 Å². The fraction of sp³-hybridized carbons (Fsp3) is 0.533. The normalized spacial score (nSPS) is 20.1. The first-order valence-electron chi connectivity index (χ1n) is 6.88. The molecule has 1 heterocycles. The molecule has 1 saturated heterocycles. The molecule has 0 N–H and O–H groups in total. The lowest BCUT2D eigenvalue weighted by Crippen LogP contribution is -2.26. The van der Waals surface area contributed by atoms with Gasteiger partial charge in [0.25, 0.3) is 0 Å². The number of rotatable bonds is 3. The smallest absolute Gasteiger partial charge is 0.237 e. The van der Waals surface area contributed by atoms with Crippen LogP contribution in [0.4, 0.5) is 0 Å². The van der Waals surface area contributed by atoms with E-state index in [-0.39, 0.29) is 24.3 Å². The van der Waals surface area contributed by atoms with Gasteiger partial charge < -0.3 is 4.90 Å². The average Bonchev–Trinajstić information content (AvgIpc) is 2.70. The summed E-state index contributed by atoms with van der Waals surface area (Å²) in [6, 6.07) is 8.06. The number of amides is 1. The first-order chi connectivity index (χ1) is 9.57. The molecule has 21 heavy (non-hydrogen) atoms. The summed E-state index contributed by atoms with van der Waals surface area (Å²) in [5, 5.41) is -0.791. The van der Waals surface area contributed by atoms with Crippen LogP contribution in [0, 0.1) is 0 Å². The molecule has 6 heteroatoms. The van der Waals surface area contributed by atoms with Crippen molar-refractivity contribution in [1.29, 1.82) is 0 Å². The molecule has 1 unspecified atom stereocenters. The highest BCUT2D eigenvalue weighted by atomic mass is 35.7. The Balaban J connectivity index is 2.07. The van der Waals surface area contributed by atoms with Crippen molar-refractivity contribution in [2.24, 2.45) is 0 Å². The molecule has 1 amide bonds. The highest BCUT2D eigenvalue weighted by Crippen LogP contribution is 2.25. The quantitative estimate of drug-likeness (QED) is 0.801. The molecule has 2 rings (SSSR count). The van der Waals surface area contributed by atoms with Gasteiger partial charge in [0.1, 0.15) is 5.25 Å². The van der Waals surface area contributed by atoms with Crippen LogP contribution in [-0.4, -0.2) is 31.0 Å². The lowest BCUT2D eigenvalue weighted by molar-refractivity contribution is -0.128. The summed E-state index contributed by atoms with van der Waals surface area (Å²) < 4.78 is 22.6. The van der Waals surface area contributed by atoms with Crippen LogP contribution in [0.25, 0.3) is 0 Å². The molecule has 0 aromatic heterocycles. The summed E-state index contributed by atoms with van der Waals surface area (Å²) in [5.41, 5.74) is 2.30. The molecule has 0 radical (unpaired) electrons. The van der Waals surface area contributed by atoms with Gasteiger partial charge in [-0.15, -0.1) is 0 Å². The summed E-state index contributed by atoms with van der Waals surface area (Å²) in [6.45, 7) is 7.02. The molecule has 1 fully saturated rings. The molecule has 1 aliphatic heterocycles. The average molecular weight is 330 g/mol. The maximum Gasteiger partial charge on any atom is 0.237 e. The zero-order valence-electron chi connectivity index (χ0n) is 12.5. The number of carbonyl (C=O) groups is 1. The van der Waals surface area contributed by atoms with E-state index >= 15 is 0 Å². The van der Waals surface area contributed by atoms with Gasteiger partial charge in [0, 0.05) is 30.2 Å². The highest BCUT2D eigenvalue weighted by molar-refractivity contribution is 8.14. The lowest BCUT2D eigenvalue weighted by Gasteiger charge is -2.20. The molecular weight excluding hydrogens is 310 g/mol. The third-order valence-electron chi connectivity index (χ3n) is 3.77. The van der Waals surface area contributed by atoms with Gasteiger partial charge in [0.15, 0.2) is 0 Å². The third kappa shape index (κ3) is 3.98. The van der Waals surface area contributed by atoms with Crippen LogP contribution in [0.5, 0.6) is 0 Å². The predicted octanol–water partition coefficient (Wildman–Crippen LogP) is 2.65. The molecule has 1 atom stereocenters. The van der Waals surface area contributed by atoms with Crippen LogP contribution in [-0.2, 0) is 25.8 Å². The van der Waals surface area contributed by atoms with E-state index in [9.17, 15) is 13.2 Å². The molecule has 116 valence electrons. The van der Waals surface area contributed by atoms with Gasteiger partial charge in [-0.25, -0.2) is 8.42 Å². The Hall–Kier alpha value is -1.07. The van der Waals surface area contributed by atoms with Crippen LogP contribution >= 0.6 is 10.7 Å². The molecule has 0 aliphatic carbocycles. The number of hydrogen-bond acceptors (Lipinski definition) is 3. The monoisotopic (exact) mass is 329 g/mol. The summed E-state index contributed by atoms with van der Waals surface area (Å²) in [4.78, 5) is 13.4. The van der Waals surface area contributed by atoms with E-state index in [1.807, 2.05) is 24.3 Å². The number of halogens is 1. The van der Waals surface area contributed by atoms with Crippen molar-refractivity contribution >= 4 is 25.6 Å². The minimum atomic E-state index is -3.68. The summed E-state index contributed by atoms with van der Waals surface area (Å²) in [7, 11) is 1.66. The molecule has 0 saturated carbocycles. The summed E-state index contributed by atoms with van der Waals surface area (Å²) in [6.07, 6.45) is -0.0219. The molecule has 4 nitrogen and oxygen atoms in total. The molecule has 1 aromatic carbocycles. The van der Waals surface area contributed by atoms with Gasteiger partial charge in [-0.1, -0.05) is 45.0 Å². The van der Waals surface area contributed by atoms with Gasteiger partial charge in [-0.3, -0.25) is 4.79 Å². The fourth-order valence-corrected chi connectivity index (χ4v) is 3.47. The second-order valence-electron chi connectivity index (χ2n) is 6.52. The topological polar surface area (TPSA) is 54.5 Å². The van der Waals surface area contributed by atoms with Gasteiger partial charge in [0.2, 0.25) is 15.0 Å². The van der Waals surface area contributed by atoms with Crippen LogP contribution in [0.15, 0.2) is 24.3 Å². The van der Waals surface area contributed by atoms with E-state index in [4.69, 9.17) is 10.7 Å². The van der Waals surface area contributed by atoms with Crippen molar-refractivity contribution in [2.75, 3.05) is 6.54 Å². The van der Waals surface area contributed by atoms with E-state index in [2.05, 4.69) is 20.8 Å². The van der Waals surface area contributed by atoms with Crippen LogP contribution in [0.1, 0.15) is 38.3 Å². The van der Waals surface area contributed by atoms with E-state index in [1.165, 1.54) is 5.56 Å². The Kier molecular flexibility index (Phi) is 4.36. The van der Waals surface area contributed by atoms with Crippen molar-refractivity contribution in [3.63, 3.8) is 0 Å². The zero-order valence-corrected chi connectivity index (χ0v) is 14.0. The Labute approximate surface area is 130 Å². The van der Waals surface area contributed by atoms with Gasteiger partial charge in [0.05, 0.1) is 0 Å². The van der Waals surface area contributed by atoms with Gasteiger partial charge in [-0.2, -0.15) is 0 Å². The van der Waals surface area contributed by atoms with Crippen LogP contribution in [0.2, 0.25) is 0 Å². The van der Waals surface area contributed by atoms with E-state index in [0.29, 0.717) is 6.54 Å². The van der Waals surface area contributed by atoms with Crippen molar-refractivity contribution < 1.29 is 13.2 Å². The Morgan fingerprint density at radius 2 is 1.81 bits per heavy atom. The summed E-state index contributed by atoms with van der Waals surface area (Å²) in [5.74, 6) is -0.163. The van der Waals surface area contributed by atoms with Crippen molar-refractivity contribution in [3.05, 3.63) is 35.4 Å². The standard InChI is InChI=1S/C15H20ClNO3S/c1-15(2,3)12-6-4-11(5-7-12)9-17-10-13(8-14(17)18)21(16,19)20/h4-7,13H,8-10H2,1-3H3. The van der Waals surface area contributed by atoms with Gasteiger partial charge >= 0.3 is 0 Å². The van der Waals surface area contributed by atoms with Crippen LogP contribution < -0.4 is 0 Å². The Morgan fingerprint density at radius 1 is 1.24 bits per heavy atom. The second kappa shape index (κ2) is 5.61. The first kappa shape index (κ1) is 16.3. The molecular formula is C15H20ClNO3S. The second-order valence-corrected chi connectivity index (χ2v) is 9.43. The van der Waals surface area contributed by atoms with Crippen molar-refractivity contribution in [3.8, 4) is 0 Å². The molecule has 0 spiro atoms.